The summed E-state index contributed by atoms with van der Waals surface area (Å²) in [6.45, 7) is 1.06. The van der Waals surface area contributed by atoms with Crippen molar-refractivity contribution in [2.45, 2.75) is 12.8 Å². The molecule has 0 saturated heterocycles. The third-order valence-corrected chi connectivity index (χ3v) is 2.82. The number of nitrogens with two attached hydrogens (primary N) is 1. The van der Waals surface area contributed by atoms with E-state index in [1.165, 1.54) is 17.7 Å². The van der Waals surface area contributed by atoms with Gasteiger partial charge >= 0.3 is 0 Å². The van der Waals surface area contributed by atoms with E-state index in [-0.39, 0.29) is 5.95 Å². The first-order valence-electron chi connectivity index (χ1n) is 5.38. The molecule has 82 valence electrons. The van der Waals surface area contributed by atoms with Crippen molar-refractivity contribution >= 4 is 11.6 Å². The number of aryl methyl sites for hydroxylation is 1. The molecule has 1 aromatic heterocycles. The molecule has 5 nitrogen and oxygen atoms in total. The van der Waals surface area contributed by atoms with Gasteiger partial charge in [-0.2, -0.15) is 4.98 Å². The molecule has 4 N–H and O–H groups in total. The zero-order chi connectivity index (χ0) is 11.0. The molecule has 0 aliphatic carbocycles. The molecule has 0 bridgehead atoms. The lowest BCUT2D eigenvalue weighted by atomic mass is 10.0. The standard InChI is InChI=1S/C11H13N5/c12-11-14-10(15-16-11)8-3-4-9-7(6-8)2-1-5-13-9/h3-4,6,13H,1-2,5H2,(H3,12,14,15,16). The van der Waals surface area contributed by atoms with Gasteiger partial charge in [0.25, 0.3) is 0 Å². The Morgan fingerprint density at radius 1 is 1.31 bits per heavy atom. The third kappa shape index (κ3) is 1.50. The summed E-state index contributed by atoms with van der Waals surface area (Å²) >= 11 is 0. The maximum atomic E-state index is 5.49. The Morgan fingerprint density at radius 2 is 2.25 bits per heavy atom. The van der Waals surface area contributed by atoms with Crippen LogP contribution in [0, 0.1) is 0 Å². The molecule has 1 aliphatic heterocycles. The van der Waals surface area contributed by atoms with Crippen molar-refractivity contribution in [3.63, 3.8) is 0 Å². The first-order chi connectivity index (χ1) is 7.83. The molecule has 1 aliphatic rings. The monoisotopic (exact) mass is 215 g/mol. The highest BCUT2D eigenvalue weighted by molar-refractivity contribution is 5.64. The maximum Gasteiger partial charge on any atom is 0.239 e. The van der Waals surface area contributed by atoms with Crippen LogP contribution in [0.4, 0.5) is 11.6 Å². The number of hydrogen-bond acceptors (Lipinski definition) is 4. The molecule has 0 unspecified atom stereocenters. The summed E-state index contributed by atoms with van der Waals surface area (Å²) in [6.07, 6.45) is 2.29. The summed E-state index contributed by atoms with van der Waals surface area (Å²) in [5, 5.41) is 10.0. The molecule has 5 heteroatoms. The summed E-state index contributed by atoms with van der Waals surface area (Å²) < 4.78 is 0. The van der Waals surface area contributed by atoms with Crippen LogP contribution in [0.15, 0.2) is 18.2 Å². The van der Waals surface area contributed by atoms with Crippen LogP contribution in [0.3, 0.4) is 0 Å². The zero-order valence-corrected chi connectivity index (χ0v) is 8.83. The highest BCUT2D eigenvalue weighted by atomic mass is 15.3. The summed E-state index contributed by atoms with van der Waals surface area (Å²) in [5.74, 6) is 1.01. The van der Waals surface area contributed by atoms with Crippen molar-refractivity contribution in [3.05, 3.63) is 23.8 Å². The Balaban J connectivity index is 2.02. The van der Waals surface area contributed by atoms with Gasteiger partial charge < -0.3 is 11.1 Å². The Morgan fingerprint density at radius 3 is 3.06 bits per heavy atom. The van der Waals surface area contributed by atoms with Crippen molar-refractivity contribution in [3.8, 4) is 11.4 Å². The molecule has 0 spiro atoms. The van der Waals surface area contributed by atoms with Gasteiger partial charge in [-0.15, -0.1) is 5.10 Å². The molecule has 16 heavy (non-hydrogen) atoms. The van der Waals surface area contributed by atoms with Crippen molar-refractivity contribution in [1.82, 2.24) is 15.2 Å². The maximum absolute atomic E-state index is 5.49. The van der Waals surface area contributed by atoms with Crippen LogP contribution in [0.25, 0.3) is 11.4 Å². The fraction of sp³-hybridized carbons (Fsp3) is 0.273. The number of anilines is 2. The number of hydrogen-bond donors (Lipinski definition) is 3. The van der Waals surface area contributed by atoms with Gasteiger partial charge in [-0.05, 0) is 36.6 Å². The van der Waals surface area contributed by atoms with E-state index in [0.29, 0.717) is 0 Å². The molecule has 1 aromatic carbocycles. The summed E-state index contributed by atoms with van der Waals surface area (Å²) in [6, 6.07) is 6.25. The van der Waals surface area contributed by atoms with E-state index >= 15 is 0 Å². The fourth-order valence-corrected chi connectivity index (χ4v) is 2.03. The Hall–Kier alpha value is -2.04. The Bertz CT molecular complexity index is 517. The van der Waals surface area contributed by atoms with Crippen LogP contribution in [-0.4, -0.2) is 21.7 Å². The third-order valence-electron chi connectivity index (χ3n) is 2.82. The van der Waals surface area contributed by atoms with E-state index in [0.717, 1.165) is 24.4 Å². The topological polar surface area (TPSA) is 79.6 Å². The Kier molecular flexibility index (Phi) is 2.02. The predicted molar refractivity (Wildman–Crippen MR) is 63.0 cm³/mol. The minimum atomic E-state index is 0.283. The van der Waals surface area contributed by atoms with E-state index in [9.17, 15) is 0 Å². The number of H-pyrrole nitrogens is 1. The molecule has 3 rings (SSSR count). The van der Waals surface area contributed by atoms with E-state index in [2.05, 4.69) is 32.6 Å². The highest BCUT2D eigenvalue weighted by Gasteiger charge is 2.11. The molecular formula is C11H13N5. The molecule has 0 radical (unpaired) electrons. The van der Waals surface area contributed by atoms with Crippen molar-refractivity contribution < 1.29 is 0 Å². The second-order valence-electron chi connectivity index (χ2n) is 3.94. The van der Waals surface area contributed by atoms with E-state index in [1.807, 2.05) is 6.07 Å². The number of rotatable bonds is 1. The van der Waals surface area contributed by atoms with Crippen molar-refractivity contribution in [2.24, 2.45) is 0 Å². The summed E-state index contributed by atoms with van der Waals surface area (Å²) in [4.78, 5) is 4.12. The number of aromatic nitrogens is 3. The smallest absolute Gasteiger partial charge is 0.239 e. The fourth-order valence-electron chi connectivity index (χ4n) is 2.03. The Labute approximate surface area is 93.1 Å². The molecule has 0 atom stereocenters. The lowest BCUT2D eigenvalue weighted by Crippen LogP contribution is -2.11. The average Bonchev–Trinajstić information content (AvgIpc) is 2.75. The molecular weight excluding hydrogens is 202 g/mol. The van der Waals surface area contributed by atoms with Crippen molar-refractivity contribution in [2.75, 3.05) is 17.6 Å². The van der Waals surface area contributed by atoms with Crippen molar-refractivity contribution in [1.29, 1.82) is 0 Å². The molecule has 2 aromatic rings. The van der Waals surface area contributed by atoms with Gasteiger partial charge in [0.2, 0.25) is 5.95 Å². The SMILES string of the molecule is Nc1n[nH]c(-c2ccc3c(c2)CCCN3)n1. The van der Waals surface area contributed by atoms with Crippen LogP contribution >= 0.6 is 0 Å². The van der Waals surface area contributed by atoms with Crippen LogP contribution in [0.5, 0.6) is 0 Å². The van der Waals surface area contributed by atoms with Gasteiger partial charge in [-0.3, -0.25) is 5.10 Å². The molecule has 2 heterocycles. The summed E-state index contributed by atoms with van der Waals surface area (Å²) in [7, 11) is 0. The summed E-state index contributed by atoms with van der Waals surface area (Å²) in [5.41, 5.74) is 9.08. The van der Waals surface area contributed by atoms with Crippen LogP contribution in [0.1, 0.15) is 12.0 Å². The predicted octanol–water partition coefficient (Wildman–Crippen LogP) is 1.41. The van der Waals surface area contributed by atoms with Crippen LogP contribution in [-0.2, 0) is 6.42 Å². The van der Waals surface area contributed by atoms with Gasteiger partial charge in [0.05, 0.1) is 0 Å². The quantitative estimate of drug-likeness (QED) is 0.672. The first kappa shape index (κ1) is 9.21. The lowest BCUT2D eigenvalue weighted by Gasteiger charge is -2.18. The number of aromatic amines is 1. The minimum absolute atomic E-state index is 0.283. The number of benzene rings is 1. The van der Waals surface area contributed by atoms with Gasteiger partial charge in [0.15, 0.2) is 5.82 Å². The zero-order valence-electron chi connectivity index (χ0n) is 8.83. The number of nitrogens with zero attached hydrogens (tertiary/aromatic N) is 2. The molecule has 0 fully saturated rings. The second-order valence-corrected chi connectivity index (χ2v) is 3.94. The van der Waals surface area contributed by atoms with E-state index < -0.39 is 0 Å². The van der Waals surface area contributed by atoms with E-state index in [4.69, 9.17) is 5.73 Å². The number of nitrogen functional groups attached to an aromatic ring is 1. The van der Waals surface area contributed by atoms with Gasteiger partial charge in [0.1, 0.15) is 0 Å². The lowest BCUT2D eigenvalue weighted by molar-refractivity contribution is 0.830. The number of fused-ring (bicyclic) bond motifs is 1. The number of nitrogens with one attached hydrogen (secondary N) is 2. The largest absolute Gasteiger partial charge is 0.385 e. The van der Waals surface area contributed by atoms with Gasteiger partial charge in [-0.25, -0.2) is 0 Å². The minimum Gasteiger partial charge on any atom is -0.385 e. The van der Waals surface area contributed by atoms with E-state index in [1.54, 1.807) is 0 Å². The molecule has 0 amide bonds. The first-order valence-corrected chi connectivity index (χ1v) is 5.38. The second kappa shape index (κ2) is 3.52. The molecule has 0 saturated carbocycles. The van der Waals surface area contributed by atoms with Crippen LogP contribution < -0.4 is 11.1 Å². The highest BCUT2D eigenvalue weighted by Crippen LogP contribution is 2.26. The van der Waals surface area contributed by atoms with Crippen LogP contribution in [0.2, 0.25) is 0 Å². The average molecular weight is 215 g/mol. The normalized spacial score (nSPS) is 14.2. The van der Waals surface area contributed by atoms with Gasteiger partial charge in [0, 0.05) is 17.8 Å². The van der Waals surface area contributed by atoms with Gasteiger partial charge in [-0.1, -0.05) is 0 Å².